The standard InChI is InChI=1S/C17H19O2/c1-3-13(12-16(18)14-8-4-5-9-14)15-10-6-7-11-17(15)19-2/h4-11,13H,3,12H2,1-2H3. The fraction of sp³-hybridized carbons (Fsp3) is 0.294. The van der Waals surface area contributed by atoms with Gasteiger partial charge in [0.15, 0.2) is 0 Å². The van der Waals surface area contributed by atoms with Gasteiger partial charge in [0.05, 0.1) is 7.11 Å². The summed E-state index contributed by atoms with van der Waals surface area (Å²) < 4.78 is 5.39. The van der Waals surface area contributed by atoms with E-state index in [1.54, 1.807) is 7.11 Å². The van der Waals surface area contributed by atoms with Crippen molar-refractivity contribution in [1.29, 1.82) is 0 Å². The Morgan fingerprint density at radius 1 is 1.21 bits per heavy atom. The molecule has 0 amide bonds. The molecule has 1 aliphatic carbocycles. The molecule has 19 heavy (non-hydrogen) atoms. The Balaban J connectivity index is 2.08. The number of ether oxygens (including phenoxy) is 1. The molecule has 0 aliphatic heterocycles. The number of rotatable bonds is 6. The van der Waals surface area contributed by atoms with E-state index in [0.29, 0.717) is 6.42 Å². The van der Waals surface area contributed by atoms with E-state index < -0.39 is 0 Å². The van der Waals surface area contributed by atoms with Gasteiger partial charge in [0.25, 0.3) is 0 Å². The highest BCUT2D eigenvalue weighted by Crippen LogP contribution is 2.34. The van der Waals surface area contributed by atoms with Crippen molar-refractivity contribution >= 4 is 5.78 Å². The molecule has 99 valence electrons. The Morgan fingerprint density at radius 3 is 2.53 bits per heavy atom. The van der Waals surface area contributed by atoms with Crippen molar-refractivity contribution in [2.75, 3.05) is 7.11 Å². The van der Waals surface area contributed by atoms with Gasteiger partial charge in [0, 0.05) is 12.3 Å². The smallest absolute Gasteiger partial charge is 0.141 e. The van der Waals surface area contributed by atoms with Crippen LogP contribution in [0, 0.1) is 31.6 Å². The van der Waals surface area contributed by atoms with E-state index in [1.807, 2.05) is 49.9 Å². The molecule has 5 radical (unpaired) electrons. The van der Waals surface area contributed by atoms with Crippen LogP contribution in [-0.2, 0) is 4.79 Å². The highest BCUT2D eigenvalue weighted by molar-refractivity contribution is 5.98. The van der Waals surface area contributed by atoms with E-state index in [9.17, 15) is 4.79 Å². The summed E-state index contributed by atoms with van der Waals surface area (Å²) in [6.07, 6.45) is 9.00. The summed E-state index contributed by atoms with van der Waals surface area (Å²) in [5, 5.41) is 0. The van der Waals surface area contributed by atoms with Crippen LogP contribution in [0.3, 0.4) is 0 Å². The molecule has 0 aromatic heterocycles. The Bertz CT molecular complexity index is 419. The molecule has 2 nitrogen and oxygen atoms in total. The Hall–Kier alpha value is -1.31. The van der Waals surface area contributed by atoms with Crippen LogP contribution in [0.15, 0.2) is 24.3 Å². The van der Waals surface area contributed by atoms with Crippen molar-refractivity contribution in [2.45, 2.75) is 25.7 Å². The van der Waals surface area contributed by atoms with Crippen molar-refractivity contribution in [3.05, 3.63) is 61.4 Å². The van der Waals surface area contributed by atoms with Gasteiger partial charge in [0.1, 0.15) is 11.5 Å². The average molecular weight is 255 g/mol. The molecule has 0 saturated heterocycles. The molecule has 0 N–H and O–H groups in total. The lowest BCUT2D eigenvalue weighted by molar-refractivity contribution is -0.117. The second-order valence-corrected chi connectivity index (χ2v) is 4.65. The molecule has 0 heterocycles. The quantitative estimate of drug-likeness (QED) is 0.777. The van der Waals surface area contributed by atoms with Crippen LogP contribution in [0.4, 0.5) is 0 Å². The largest absolute Gasteiger partial charge is 0.496 e. The van der Waals surface area contributed by atoms with E-state index in [4.69, 9.17) is 4.74 Å². The Morgan fingerprint density at radius 2 is 1.89 bits per heavy atom. The van der Waals surface area contributed by atoms with Crippen LogP contribution in [0.5, 0.6) is 5.75 Å². The van der Waals surface area contributed by atoms with Crippen LogP contribution in [0.1, 0.15) is 31.2 Å². The van der Waals surface area contributed by atoms with Gasteiger partial charge in [0.2, 0.25) is 0 Å². The maximum atomic E-state index is 12.2. The van der Waals surface area contributed by atoms with Gasteiger partial charge in [-0.2, -0.15) is 0 Å². The van der Waals surface area contributed by atoms with Crippen molar-refractivity contribution in [1.82, 2.24) is 0 Å². The van der Waals surface area contributed by atoms with Gasteiger partial charge in [-0.1, -0.05) is 25.1 Å². The highest BCUT2D eigenvalue weighted by atomic mass is 16.5. The normalized spacial score (nSPS) is 17.4. The second-order valence-electron chi connectivity index (χ2n) is 4.65. The maximum absolute atomic E-state index is 12.2. The van der Waals surface area contributed by atoms with Gasteiger partial charge >= 0.3 is 0 Å². The van der Waals surface area contributed by atoms with Crippen molar-refractivity contribution < 1.29 is 9.53 Å². The number of carbonyl (C=O) groups is 1. The van der Waals surface area contributed by atoms with Crippen molar-refractivity contribution in [3.8, 4) is 5.75 Å². The molecule has 2 rings (SSSR count). The van der Waals surface area contributed by atoms with Crippen LogP contribution in [0.25, 0.3) is 0 Å². The number of Topliss-reactive ketones (excluding diaryl/α,β-unsaturated/α-hetero) is 1. The molecule has 0 spiro atoms. The first-order valence-corrected chi connectivity index (χ1v) is 6.64. The highest BCUT2D eigenvalue weighted by Gasteiger charge is 2.27. The first kappa shape index (κ1) is 14.1. The number of hydrogen-bond acceptors (Lipinski definition) is 2. The van der Waals surface area contributed by atoms with Gasteiger partial charge in [-0.05, 0) is 49.7 Å². The maximum Gasteiger partial charge on any atom is 0.141 e. The van der Waals surface area contributed by atoms with E-state index >= 15 is 0 Å². The number of hydrogen-bond donors (Lipinski definition) is 0. The number of para-hydroxylation sites is 1. The zero-order chi connectivity index (χ0) is 13.7. The molecule has 0 bridgehead atoms. The van der Waals surface area contributed by atoms with E-state index in [0.717, 1.165) is 23.7 Å². The summed E-state index contributed by atoms with van der Waals surface area (Å²) in [6, 6.07) is 7.94. The molecular formula is C17H19O2. The minimum Gasteiger partial charge on any atom is -0.496 e. The van der Waals surface area contributed by atoms with Gasteiger partial charge in [-0.3, -0.25) is 4.79 Å². The first-order chi connectivity index (χ1) is 9.26. The Labute approximate surface area is 116 Å². The lowest BCUT2D eigenvalue weighted by Gasteiger charge is -2.19. The van der Waals surface area contributed by atoms with Crippen LogP contribution >= 0.6 is 0 Å². The summed E-state index contributed by atoms with van der Waals surface area (Å²) >= 11 is 0. The summed E-state index contributed by atoms with van der Waals surface area (Å²) in [4.78, 5) is 12.2. The van der Waals surface area contributed by atoms with Crippen LogP contribution in [0.2, 0.25) is 0 Å². The van der Waals surface area contributed by atoms with Crippen LogP contribution in [-0.4, -0.2) is 12.9 Å². The minimum atomic E-state index is 0.197. The fourth-order valence-electron chi connectivity index (χ4n) is 2.38. The zero-order valence-electron chi connectivity index (χ0n) is 11.4. The molecule has 1 saturated carbocycles. The van der Waals surface area contributed by atoms with E-state index in [1.165, 1.54) is 0 Å². The zero-order valence-corrected chi connectivity index (χ0v) is 11.4. The van der Waals surface area contributed by atoms with Crippen LogP contribution < -0.4 is 4.74 Å². The van der Waals surface area contributed by atoms with Crippen molar-refractivity contribution in [3.63, 3.8) is 0 Å². The number of carbonyl (C=O) groups excluding carboxylic acids is 1. The average Bonchev–Trinajstić information content (AvgIpc) is 2.98. The second kappa shape index (κ2) is 6.74. The summed E-state index contributed by atoms with van der Waals surface area (Å²) in [7, 11) is 1.67. The number of ketones is 1. The molecule has 2 heteroatoms. The molecule has 1 unspecified atom stereocenters. The summed E-state index contributed by atoms with van der Waals surface area (Å²) in [5.74, 6) is 2.07. The lowest BCUT2D eigenvalue weighted by atomic mass is 9.86. The van der Waals surface area contributed by atoms with Gasteiger partial charge < -0.3 is 4.74 Å². The monoisotopic (exact) mass is 255 g/mol. The van der Waals surface area contributed by atoms with Gasteiger partial charge in [-0.15, -0.1) is 0 Å². The van der Waals surface area contributed by atoms with E-state index in [-0.39, 0.29) is 11.7 Å². The molecule has 1 aromatic carbocycles. The lowest BCUT2D eigenvalue weighted by Crippen LogP contribution is -2.14. The SMILES string of the molecule is CCC(CC(=O)[C]1[CH][CH][CH][CH]1)c1ccccc1OC. The fourth-order valence-corrected chi connectivity index (χ4v) is 2.38. The molecule has 1 atom stereocenters. The van der Waals surface area contributed by atoms with Gasteiger partial charge in [-0.25, -0.2) is 0 Å². The summed E-state index contributed by atoms with van der Waals surface area (Å²) in [5.41, 5.74) is 1.12. The first-order valence-electron chi connectivity index (χ1n) is 6.64. The predicted molar refractivity (Wildman–Crippen MR) is 76.1 cm³/mol. The molecule has 1 fully saturated rings. The minimum absolute atomic E-state index is 0.197. The molecular weight excluding hydrogens is 236 g/mol. The third-order valence-corrected chi connectivity index (χ3v) is 3.49. The third kappa shape index (κ3) is 3.37. The van der Waals surface area contributed by atoms with E-state index in [2.05, 4.69) is 6.92 Å². The molecule has 1 aliphatic rings. The predicted octanol–water partition coefficient (Wildman–Crippen LogP) is 3.55. The number of benzene rings is 1. The van der Waals surface area contributed by atoms with Crippen molar-refractivity contribution in [2.24, 2.45) is 0 Å². The third-order valence-electron chi connectivity index (χ3n) is 3.49. The Kier molecular flexibility index (Phi) is 5.00. The number of methoxy groups -OCH3 is 1. The summed E-state index contributed by atoms with van der Waals surface area (Å²) in [6.45, 7) is 2.11. The topological polar surface area (TPSA) is 26.3 Å². The molecule has 1 aromatic rings.